The van der Waals surface area contributed by atoms with Crippen LogP contribution in [0.1, 0.15) is 25.3 Å². The summed E-state index contributed by atoms with van der Waals surface area (Å²) in [6.45, 7) is 2.72. The molecule has 1 heterocycles. The molecule has 3 N–H and O–H groups in total. The monoisotopic (exact) mass is 400 g/mol. The van der Waals surface area contributed by atoms with E-state index in [0.29, 0.717) is 30.8 Å². The molecule has 9 heteroatoms. The number of aliphatic imine (C=N–C) groups is 1. The molecule has 1 aliphatic heterocycles. The zero-order valence-corrected chi connectivity index (χ0v) is 16.3. The molecule has 0 unspecified atom stereocenters. The largest absolute Gasteiger partial charge is 0.495 e. The molecule has 0 aromatic heterocycles. The van der Waals surface area contributed by atoms with Gasteiger partial charge in [-0.1, -0.05) is 11.6 Å². The number of rotatable bonds is 3. The lowest BCUT2D eigenvalue weighted by Crippen LogP contribution is -2.46. The fraction of sp³-hybridized carbons (Fsp3) is 0.471. The number of amidine groups is 1. The molecule has 0 spiro atoms. The number of nitrogens with two attached hydrogens (primary N) is 1. The number of urea groups is 1. The molecule has 0 atom stereocenters. The molecule has 26 heavy (non-hydrogen) atoms. The summed E-state index contributed by atoms with van der Waals surface area (Å²) in [5, 5.41) is 2.84. The smallest absolute Gasteiger partial charge is 0.323 e. The molecule has 0 bridgehead atoms. The van der Waals surface area contributed by atoms with Gasteiger partial charge in [-0.3, -0.25) is 5.32 Å². The van der Waals surface area contributed by atoms with Gasteiger partial charge < -0.3 is 15.4 Å². The summed E-state index contributed by atoms with van der Waals surface area (Å²) in [6, 6.07) is 2.62. The Hall–Kier alpha value is -1.93. The highest BCUT2D eigenvalue weighted by Crippen LogP contribution is 2.30. The Bertz CT molecular complexity index is 717. The number of hydrogen-bond acceptors (Lipinski definition) is 3. The summed E-state index contributed by atoms with van der Waals surface area (Å²) in [5.41, 5.74) is 6.00. The van der Waals surface area contributed by atoms with Crippen molar-refractivity contribution in [2.24, 2.45) is 16.6 Å². The van der Waals surface area contributed by atoms with Crippen LogP contribution in [0.25, 0.3) is 0 Å². The molecule has 1 aromatic rings. The summed E-state index contributed by atoms with van der Waals surface area (Å²) in [5.74, 6) is 0.686. The zero-order chi connectivity index (χ0) is 19.3. The van der Waals surface area contributed by atoms with Crippen LogP contribution in [-0.2, 0) is 6.42 Å². The quantitative estimate of drug-likeness (QED) is 0.464. The highest BCUT2D eigenvalue weighted by Gasteiger charge is 2.24. The van der Waals surface area contributed by atoms with E-state index in [-0.39, 0.29) is 33.7 Å². The molecule has 6 nitrogen and oxygen atoms in total. The maximum absolute atomic E-state index is 14.1. The van der Waals surface area contributed by atoms with E-state index >= 15 is 0 Å². The van der Waals surface area contributed by atoms with Gasteiger partial charge in [-0.15, -0.1) is 0 Å². The van der Waals surface area contributed by atoms with Gasteiger partial charge >= 0.3 is 6.03 Å². The Morgan fingerprint density at radius 3 is 2.73 bits per heavy atom. The van der Waals surface area contributed by atoms with Gasteiger partial charge in [0.25, 0.3) is 0 Å². The average molecular weight is 401 g/mol. The Kier molecular flexibility index (Phi) is 7.16. The van der Waals surface area contributed by atoms with E-state index in [1.54, 1.807) is 17.9 Å². The van der Waals surface area contributed by atoms with Crippen LogP contribution in [0.5, 0.6) is 5.75 Å². The Balaban J connectivity index is 1.90. The van der Waals surface area contributed by atoms with Crippen molar-refractivity contribution < 1.29 is 13.9 Å². The SMILES string of the molecule is COc1cc(CC2CCN(C(=O)NC(=S)/N=C(/C)N)CC2)c(F)cc1Cl. The molecular formula is C17H22ClFN4O2S. The zero-order valence-electron chi connectivity index (χ0n) is 14.7. The van der Waals surface area contributed by atoms with Crippen LogP contribution in [0.15, 0.2) is 17.1 Å². The van der Waals surface area contributed by atoms with Crippen molar-refractivity contribution in [1.82, 2.24) is 10.2 Å². The van der Waals surface area contributed by atoms with E-state index < -0.39 is 0 Å². The summed E-state index contributed by atoms with van der Waals surface area (Å²) in [4.78, 5) is 17.6. The van der Waals surface area contributed by atoms with Gasteiger partial charge in [-0.25, -0.2) is 14.2 Å². The van der Waals surface area contributed by atoms with E-state index in [4.69, 9.17) is 34.3 Å². The van der Waals surface area contributed by atoms with Crippen LogP contribution >= 0.6 is 23.8 Å². The van der Waals surface area contributed by atoms with Crippen molar-refractivity contribution in [3.63, 3.8) is 0 Å². The lowest BCUT2D eigenvalue weighted by Gasteiger charge is -2.32. The predicted molar refractivity (Wildman–Crippen MR) is 104 cm³/mol. The van der Waals surface area contributed by atoms with E-state index in [0.717, 1.165) is 12.8 Å². The summed E-state index contributed by atoms with van der Waals surface area (Å²) >= 11 is 10.9. The second-order valence-electron chi connectivity index (χ2n) is 6.20. The third kappa shape index (κ3) is 5.54. The number of thiocarbonyl (C=S) groups is 1. The van der Waals surface area contributed by atoms with Gasteiger partial charge in [0.15, 0.2) is 0 Å². The molecule has 1 aromatic carbocycles. The van der Waals surface area contributed by atoms with Crippen LogP contribution < -0.4 is 15.8 Å². The van der Waals surface area contributed by atoms with Crippen LogP contribution in [0.2, 0.25) is 5.02 Å². The van der Waals surface area contributed by atoms with Crippen molar-refractivity contribution in [2.75, 3.05) is 20.2 Å². The number of nitrogens with zero attached hydrogens (tertiary/aromatic N) is 2. The maximum Gasteiger partial charge on any atom is 0.323 e. The molecule has 0 radical (unpaired) electrons. The molecule has 142 valence electrons. The number of nitrogens with one attached hydrogen (secondary N) is 1. The highest BCUT2D eigenvalue weighted by atomic mass is 35.5. The third-order valence-electron chi connectivity index (χ3n) is 4.22. The number of halogens is 2. The minimum atomic E-state index is -0.337. The van der Waals surface area contributed by atoms with Crippen molar-refractivity contribution in [3.05, 3.63) is 28.5 Å². The molecule has 1 saturated heterocycles. The van der Waals surface area contributed by atoms with Crippen LogP contribution in [0, 0.1) is 11.7 Å². The van der Waals surface area contributed by atoms with E-state index in [2.05, 4.69) is 10.3 Å². The first-order valence-electron chi connectivity index (χ1n) is 8.22. The van der Waals surface area contributed by atoms with Crippen molar-refractivity contribution >= 4 is 40.8 Å². The normalized spacial score (nSPS) is 15.7. The van der Waals surface area contributed by atoms with Gasteiger partial charge in [-0.05, 0) is 62.0 Å². The van der Waals surface area contributed by atoms with Crippen LogP contribution in [0.3, 0.4) is 0 Å². The second-order valence-corrected chi connectivity index (χ2v) is 7.00. The topological polar surface area (TPSA) is 80.0 Å². The predicted octanol–water partition coefficient (Wildman–Crippen LogP) is 3.11. The number of methoxy groups -OCH3 is 1. The van der Waals surface area contributed by atoms with E-state index in [9.17, 15) is 9.18 Å². The average Bonchev–Trinajstić information content (AvgIpc) is 2.57. The van der Waals surface area contributed by atoms with E-state index in [1.807, 2.05) is 0 Å². The van der Waals surface area contributed by atoms with Crippen molar-refractivity contribution in [1.29, 1.82) is 0 Å². The minimum Gasteiger partial charge on any atom is -0.495 e. The molecule has 2 amide bonds. The molecule has 0 saturated carbocycles. The number of benzene rings is 1. The molecule has 1 aliphatic rings. The maximum atomic E-state index is 14.1. The fourth-order valence-electron chi connectivity index (χ4n) is 2.89. The number of carbonyl (C=O) groups excluding carboxylic acids is 1. The lowest BCUT2D eigenvalue weighted by atomic mass is 9.90. The highest BCUT2D eigenvalue weighted by molar-refractivity contribution is 7.80. The molecular weight excluding hydrogens is 379 g/mol. The number of likely N-dealkylation sites (tertiary alicyclic amines) is 1. The number of hydrogen-bond donors (Lipinski definition) is 2. The Morgan fingerprint density at radius 1 is 1.50 bits per heavy atom. The van der Waals surface area contributed by atoms with Crippen LogP contribution in [-0.4, -0.2) is 42.1 Å². The summed E-state index contributed by atoms with van der Waals surface area (Å²) in [6.07, 6.45) is 2.11. The number of carbonyl (C=O) groups is 1. The number of ether oxygens (including phenoxy) is 1. The first-order chi connectivity index (χ1) is 12.3. The number of amides is 2. The first-order valence-corrected chi connectivity index (χ1v) is 9.01. The number of piperidine rings is 1. The Morgan fingerprint density at radius 2 is 2.15 bits per heavy atom. The molecule has 1 fully saturated rings. The molecule has 2 rings (SSSR count). The van der Waals surface area contributed by atoms with Crippen molar-refractivity contribution in [3.8, 4) is 5.75 Å². The second kappa shape index (κ2) is 9.14. The van der Waals surface area contributed by atoms with E-state index in [1.165, 1.54) is 13.2 Å². The third-order valence-corrected chi connectivity index (χ3v) is 4.71. The summed E-state index contributed by atoms with van der Waals surface area (Å²) < 4.78 is 19.3. The minimum absolute atomic E-state index is 0.0486. The van der Waals surface area contributed by atoms with Gasteiger partial charge in [0.1, 0.15) is 11.6 Å². The summed E-state index contributed by atoms with van der Waals surface area (Å²) in [7, 11) is 1.50. The Labute approximate surface area is 162 Å². The first kappa shape index (κ1) is 20.4. The van der Waals surface area contributed by atoms with Crippen LogP contribution in [0.4, 0.5) is 9.18 Å². The lowest BCUT2D eigenvalue weighted by molar-refractivity contribution is 0.174. The van der Waals surface area contributed by atoms with Gasteiger partial charge in [0.05, 0.1) is 18.0 Å². The molecule has 0 aliphatic carbocycles. The van der Waals surface area contributed by atoms with Gasteiger partial charge in [-0.2, -0.15) is 0 Å². The van der Waals surface area contributed by atoms with Crippen molar-refractivity contribution in [2.45, 2.75) is 26.2 Å². The standard InChI is InChI=1S/C17H22ClFN4O2S/c1-10(20)21-16(26)22-17(24)23-5-3-11(4-6-23)7-12-8-15(25-2)13(18)9-14(12)19/h8-9,11H,3-7H2,1-2H3,(H3,20,21,22,24,26). The van der Waals surface area contributed by atoms with Gasteiger partial charge in [0, 0.05) is 13.1 Å². The fourth-order valence-corrected chi connectivity index (χ4v) is 3.35. The van der Waals surface area contributed by atoms with Gasteiger partial charge in [0.2, 0.25) is 5.11 Å².